The Hall–Kier alpha value is -2.82. The predicted molar refractivity (Wildman–Crippen MR) is 85.6 cm³/mol. The van der Waals surface area contributed by atoms with Crippen LogP contribution in [0.25, 0.3) is 0 Å². The maximum atomic E-state index is 11.9. The zero-order chi connectivity index (χ0) is 15.9. The molecule has 0 aliphatic rings. The van der Waals surface area contributed by atoms with Gasteiger partial charge in [0, 0.05) is 17.8 Å². The number of hydrogen-bond donors (Lipinski definition) is 2. The van der Waals surface area contributed by atoms with Crippen LogP contribution in [-0.2, 0) is 16.0 Å². The van der Waals surface area contributed by atoms with E-state index in [0.717, 1.165) is 5.56 Å². The molecule has 3 N–H and O–H groups in total. The van der Waals surface area contributed by atoms with Crippen molar-refractivity contribution in [3.05, 3.63) is 59.7 Å². The van der Waals surface area contributed by atoms with Crippen LogP contribution in [0.5, 0.6) is 0 Å². The van der Waals surface area contributed by atoms with Gasteiger partial charge in [0.2, 0.25) is 5.91 Å². The van der Waals surface area contributed by atoms with Gasteiger partial charge in [-0.2, -0.15) is 0 Å². The Morgan fingerprint density at radius 3 is 2.41 bits per heavy atom. The van der Waals surface area contributed by atoms with E-state index < -0.39 is 5.97 Å². The highest BCUT2D eigenvalue weighted by atomic mass is 16.5. The van der Waals surface area contributed by atoms with Crippen molar-refractivity contribution in [2.24, 2.45) is 0 Å². The summed E-state index contributed by atoms with van der Waals surface area (Å²) in [7, 11) is 1.33. The molecule has 0 fully saturated rings. The Kier molecular flexibility index (Phi) is 5.14. The summed E-state index contributed by atoms with van der Waals surface area (Å²) < 4.78 is 4.62. The number of aryl methyl sites for hydroxylation is 1. The Morgan fingerprint density at radius 1 is 1.09 bits per heavy atom. The average molecular weight is 298 g/mol. The fourth-order valence-electron chi connectivity index (χ4n) is 2.04. The molecule has 0 aromatic heterocycles. The van der Waals surface area contributed by atoms with Crippen molar-refractivity contribution in [1.82, 2.24) is 0 Å². The van der Waals surface area contributed by atoms with Crippen LogP contribution in [0, 0.1) is 0 Å². The van der Waals surface area contributed by atoms with E-state index in [1.165, 1.54) is 7.11 Å². The quantitative estimate of drug-likeness (QED) is 0.656. The van der Waals surface area contributed by atoms with Gasteiger partial charge in [0.15, 0.2) is 0 Å². The lowest BCUT2D eigenvalue weighted by atomic mass is 10.1. The van der Waals surface area contributed by atoms with Crippen LogP contribution < -0.4 is 11.1 Å². The van der Waals surface area contributed by atoms with Crippen molar-refractivity contribution >= 4 is 23.3 Å². The Labute approximate surface area is 129 Å². The number of para-hydroxylation sites is 1. The Bertz CT molecular complexity index is 666. The molecule has 0 saturated heterocycles. The molecule has 0 unspecified atom stereocenters. The van der Waals surface area contributed by atoms with E-state index >= 15 is 0 Å². The number of nitrogens with two attached hydrogens (primary N) is 1. The first-order chi connectivity index (χ1) is 10.6. The van der Waals surface area contributed by atoms with Gasteiger partial charge in [0.05, 0.1) is 12.7 Å². The number of anilines is 2. The van der Waals surface area contributed by atoms with Gasteiger partial charge in [0.1, 0.15) is 0 Å². The minimum Gasteiger partial charge on any atom is -0.465 e. The maximum absolute atomic E-state index is 11.9. The lowest BCUT2D eigenvalue weighted by Crippen LogP contribution is -2.13. The number of rotatable bonds is 5. The van der Waals surface area contributed by atoms with E-state index in [9.17, 15) is 9.59 Å². The van der Waals surface area contributed by atoms with Gasteiger partial charge in [-0.05, 0) is 42.3 Å². The topological polar surface area (TPSA) is 81.4 Å². The molecule has 0 aliphatic heterocycles. The number of carbonyl (C=O) groups is 2. The first-order valence-electron chi connectivity index (χ1n) is 6.92. The van der Waals surface area contributed by atoms with Gasteiger partial charge in [-0.1, -0.05) is 18.2 Å². The second-order valence-electron chi connectivity index (χ2n) is 4.82. The molecule has 0 heterocycles. The number of carbonyl (C=O) groups excluding carboxylic acids is 2. The summed E-state index contributed by atoms with van der Waals surface area (Å²) in [6.07, 6.45) is 0.922. The van der Waals surface area contributed by atoms with Crippen LogP contribution in [0.4, 0.5) is 11.4 Å². The number of benzene rings is 2. The van der Waals surface area contributed by atoms with E-state index in [1.807, 2.05) is 24.3 Å². The summed E-state index contributed by atoms with van der Waals surface area (Å²) in [4.78, 5) is 23.2. The SMILES string of the molecule is COC(=O)c1ccc(NC(=O)CCc2ccccc2N)cc1. The van der Waals surface area contributed by atoms with Gasteiger partial charge < -0.3 is 15.8 Å². The van der Waals surface area contributed by atoms with Crippen LogP contribution in [0.3, 0.4) is 0 Å². The molecule has 0 saturated carbocycles. The molecule has 2 aromatic carbocycles. The van der Waals surface area contributed by atoms with Gasteiger partial charge >= 0.3 is 5.97 Å². The van der Waals surface area contributed by atoms with Crippen LogP contribution >= 0.6 is 0 Å². The third kappa shape index (κ3) is 4.09. The minimum atomic E-state index is -0.405. The lowest BCUT2D eigenvalue weighted by Gasteiger charge is -2.07. The molecular formula is C17H18N2O3. The second kappa shape index (κ2) is 7.26. The van der Waals surface area contributed by atoms with Crippen molar-refractivity contribution in [2.75, 3.05) is 18.2 Å². The molecular weight excluding hydrogens is 280 g/mol. The number of ether oxygens (including phenoxy) is 1. The van der Waals surface area contributed by atoms with Crippen LogP contribution in [0.1, 0.15) is 22.3 Å². The highest BCUT2D eigenvalue weighted by Gasteiger charge is 2.07. The van der Waals surface area contributed by atoms with Gasteiger partial charge in [0.25, 0.3) is 0 Å². The van der Waals surface area contributed by atoms with E-state index in [0.29, 0.717) is 29.8 Å². The zero-order valence-electron chi connectivity index (χ0n) is 12.3. The third-order valence-corrected chi connectivity index (χ3v) is 3.27. The minimum absolute atomic E-state index is 0.103. The van der Waals surface area contributed by atoms with Crippen LogP contribution in [0.15, 0.2) is 48.5 Å². The first kappa shape index (κ1) is 15.6. The fourth-order valence-corrected chi connectivity index (χ4v) is 2.04. The number of nitrogens with one attached hydrogen (secondary N) is 1. The van der Waals surface area contributed by atoms with Crippen molar-refractivity contribution in [3.63, 3.8) is 0 Å². The van der Waals surface area contributed by atoms with Gasteiger partial charge in [-0.15, -0.1) is 0 Å². The number of hydrogen-bond acceptors (Lipinski definition) is 4. The summed E-state index contributed by atoms with van der Waals surface area (Å²) in [5.74, 6) is -0.508. The van der Waals surface area contributed by atoms with Crippen LogP contribution in [-0.4, -0.2) is 19.0 Å². The number of esters is 1. The monoisotopic (exact) mass is 298 g/mol. The van der Waals surface area contributed by atoms with E-state index in [-0.39, 0.29) is 5.91 Å². The molecule has 2 aromatic rings. The van der Waals surface area contributed by atoms with Crippen molar-refractivity contribution in [1.29, 1.82) is 0 Å². The highest BCUT2D eigenvalue weighted by Crippen LogP contribution is 2.14. The van der Waals surface area contributed by atoms with Gasteiger partial charge in [-0.25, -0.2) is 4.79 Å². The van der Waals surface area contributed by atoms with E-state index in [1.54, 1.807) is 24.3 Å². The first-order valence-corrected chi connectivity index (χ1v) is 6.92. The average Bonchev–Trinajstić information content (AvgIpc) is 2.54. The molecule has 1 amide bonds. The fraction of sp³-hybridized carbons (Fsp3) is 0.176. The summed E-state index contributed by atoms with van der Waals surface area (Å²) >= 11 is 0. The summed E-state index contributed by atoms with van der Waals surface area (Å²) in [5, 5.41) is 2.78. The largest absolute Gasteiger partial charge is 0.465 e. The van der Waals surface area contributed by atoms with Crippen LogP contribution in [0.2, 0.25) is 0 Å². The van der Waals surface area contributed by atoms with Crippen molar-refractivity contribution < 1.29 is 14.3 Å². The van der Waals surface area contributed by atoms with Crippen molar-refractivity contribution in [2.45, 2.75) is 12.8 Å². The Morgan fingerprint density at radius 2 is 1.77 bits per heavy atom. The molecule has 0 aliphatic carbocycles. The summed E-state index contributed by atoms with van der Waals surface area (Å²) in [5.41, 5.74) is 8.57. The molecule has 22 heavy (non-hydrogen) atoms. The summed E-state index contributed by atoms with van der Waals surface area (Å²) in [6.45, 7) is 0. The van der Waals surface area contributed by atoms with E-state index in [4.69, 9.17) is 5.73 Å². The second-order valence-corrected chi connectivity index (χ2v) is 4.82. The smallest absolute Gasteiger partial charge is 0.337 e. The standard InChI is InChI=1S/C17H18N2O3/c1-22-17(21)13-6-9-14(10-7-13)19-16(20)11-8-12-4-2-3-5-15(12)18/h2-7,9-10H,8,11,18H2,1H3,(H,19,20). The molecule has 0 radical (unpaired) electrons. The van der Waals surface area contributed by atoms with Crippen molar-refractivity contribution in [3.8, 4) is 0 Å². The number of nitrogen functional groups attached to an aromatic ring is 1. The molecule has 2 rings (SSSR count). The highest BCUT2D eigenvalue weighted by molar-refractivity contribution is 5.93. The Balaban J connectivity index is 1.89. The lowest BCUT2D eigenvalue weighted by molar-refractivity contribution is -0.116. The van der Waals surface area contributed by atoms with E-state index in [2.05, 4.69) is 10.1 Å². The third-order valence-electron chi connectivity index (χ3n) is 3.27. The summed E-state index contributed by atoms with van der Waals surface area (Å²) in [6, 6.07) is 14.0. The molecule has 114 valence electrons. The molecule has 0 bridgehead atoms. The molecule has 5 heteroatoms. The predicted octanol–water partition coefficient (Wildman–Crippen LogP) is 2.63. The number of methoxy groups -OCH3 is 1. The van der Waals surface area contributed by atoms with Gasteiger partial charge in [-0.3, -0.25) is 4.79 Å². The molecule has 0 spiro atoms. The normalized spacial score (nSPS) is 10.0. The number of amides is 1. The molecule has 0 atom stereocenters. The maximum Gasteiger partial charge on any atom is 0.337 e. The zero-order valence-corrected chi connectivity index (χ0v) is 12.3. The molecule has 5 nitrogen and oxygen atoms in total.